The van der Waals surface area contributed by atoms with E-state index < -0.39 is 0 Å². The van der Waals surface area contributed by atoms with Crippen molar-refractivity contribution in [2.24, 2.45) is 0 Å². The van der Waals surface area contributed by atoms with Crippen molar-refractivity contribution in [3.8, 4) is 11.3 Å². The van der Waals surface area contributed by atoms with Gasteiger partial charge in [-0.1, -0.05) is 44.5 Å². The molecule has 0 atom stereocenters. The molecular weight excluding hydrogens is 270 g/mol. The number of aromatic nitrogens is 2. The number of benzene rings is 1. The quantitative estimate of drug-likeness (QED) is 0.852. The van der Waals surface area contributed by atoms with Gasteiger partial charge in [-0.25, -0.2) is 9.97 Å². The largest absolute Gasteiger partial charge is 0.383 e. The van der Waals surface area contributed by atoms with E-state index in [0.717, 1.165) is 33.2 Å². The lowest BCUT2D eigenvalue weighted by Crippen LogP contribution is -2.18. The molecule has 0 aliphatic heterocycles. The molecule has 2 N–H and O–H groups in total. The summed E-state index contributed by atoms with van der Waals surface area (Å²) < 4.78 is 0. The Morgan fingerprint density at radius 2 is 1.75 bits per heavy atom. The summed E-state index contributed by atoms with van der Waals surface area (Å²) in [5.74, 6) is 1.27. The highest BCUT2D eigenvalue weighted by molar-refractivity contribution is 6.31. The molecule has 2 rings (SSSR count). The van der Waals surface area contributed by atoms with Gasteiger partial charge in [-0.05, 0) is 25.5 Å². The van der Waals surface area contributed by atoms with Crippen molar-refractivity contribution >= 4 is 17.4 Å². The molecular formula is C16H20ClN3. The molecule has 106 valence electrons. The molecule has 0 aliphatic rings. The molecule has 0 radical (unpaired) electrons. The number of halogens is 1. The molecule has 3 nitrogen and oxygen atoms in total. The van der Waals surface area contributed by atoms with Crippen LogP contribution < -0.4 is 5.73 Å². The van der Waals surface area contributed by atoms with Crippen LogP contribution in [0.15, 0.2) is 18.2 Å². The van der Waals surface area contributed by atoms with Crippen LogP contribution in [0.3, 0.4) is 0 Å². The van der Waals surface area contributed by atoms with Crippen LogP contribution in [0.25, 0.3) is 11.3 Å². The molecule has 0 saturated carbocycles. The van der Waals surface area contributed by atoms with Gasteiger partial charge < -0.3 is 5.73 Å². The summed E-state index contributed by atoms with van der Waals surface area (Å²) in [5, 5.41) is 0.733. The van der Waals surface area contributed by atoms with Gasteiger partial charge in [-0.15, -0.1) is 0 Å². The van der Waals surface area contributed by atoms with Crippen LogP contribution in [-0.2, 0) is 5.41 Å². The Bertz CT molecular complexity index is 658. The van der Waals surface area contributed by atoms with E-state index in [-0.39, 0.29) is 5.41 Å². The molecule has 1 aromatic heterocycles. The molecule has 0 unspecified atom stereocenters. The average molecular weight is 290 g/mol. The fraction of sp³-hybridized carbons (Fsp3) is 0.375. The van der Waals surface area contributed by atoms with Crippen LogP contribution in [0.2, 0.25) is 5.02 Å². The number of nitrogens with zero attached hydrogens (tertiary/aromatic N) is 2. The first kappa shape index (κ1) is 14.8. The molecule has 0 amide bonds. The van der Waals surface area contributed by atoms with Crippen molar-refractivity contribution < 1.29 is 0 Å². The van der Waals surface area contributed by atoms with Gasteiger partial charge in [-0.3, -0.25) is 0 Å². The number of aryl methyl sites for hydroxylation is 1. The minimum absolute atomic E-state index is 0.148. The molecule has 0 bridgehead atoms. The van der Waals surface area contributed by atoms with Crippen LogP contribution >= 0.6 is 11.6 Å². The molecule has 0 aliphatic carbocycles. The lowest BCUT2D eigenvalue weighted by Gasteiger charge is -2.19. The Balaban J connectivity index is 2.66. The normalized spacial score (nSPS) is 11.7. The molecule has 20 heavy (non-hydrogen) atoms. The summed E-state index contributed by atoms with van der Waals surface area (Å²) in [6.07, 6.45) is 0. The molecule has 2 aromatic rings. The zero-order chi connectivity index (χ0) is 15.1. The highest BCUT2D eigenvalue weighted by Gasteiger charge is 2.21. The number of anilines is 1. The van der Waals surface area contributed by atoms with Crippen LogP contribution in [-0.4, -0.2) is 9.97 Å². The van der Waals surface area contributed by atoms with E-state index in [1.807, 2.05) is 32.0 Å². The molecule has 0 spiro atoms. The summed E-state index contributed by atoms with van der Waals surface area (Å²) in [6, 6.07) is 5.94. The van der Waals surface area contributed by atoms with E-state index >= 15 is 0 Å². The van der Waals surface area contributed by atoms with Gasteiger partial charge in [0, 0.05) is 21.6 Å². The summed E-state index contributed by atoms with van der Waals surface area (Å²) in [7, 11) is 0. The van der Waals surface area contributed by atoms with Gasteiger partial charge in [0.15, 0.2) is 0 Å². The van der Waals surface area contributed by atoms with Gasteiger partial charge in [0.2, 0.25) is 0 Å². The molecule has 1 heterocycles. The Hall–Kier alpha value is -1.61. The molecule has 1 aromatic carbocycles. The van der Waals surface area contributed by atoms with E-state index in [9.17, 15) is 0 Å². The van der Waals surface area contributed by atoms with Crippen molar-refractivity contribution in [2.45, 2.75) is 40.0 Å². The van der Waals surface area contributed by atoms with Crippen LogP contribution in [0, 0.1) is 13.8 Å². The van der Waals surface area contributed by atoms with Crippen molar-refractivity contribution in [1.29, 1.82) is 0 Å². The summed E-state index contributed by atoms with van der Waals surface area (Å²) in [4.78, 5) is 9.10. The second-order valence-corrected chi connectivity index (χ2v) is 6.53. The monoisotopic (exact) mass is 289 g/mol. The average Bonchev–Trinajstić information content (AvgIpc) is 2.34. The van der Waals surface area contributed by atoms with Gasteiger partial charge in [0.05, 0.1) is 5.69 Å². The zero-order valence-electron chi connectivity index (χ0n) is 12.6. The number of nitrogen functional groups attached to an aromatic ring is 1. The third-order valence-electron chi connectivity index (χ3n) is 3.30. The maximum Gasteiger partial charge on any atom is 0.136 e. The van der Waals surface area contributed by atoms with E-state index in [1.54, 1.807) is 0 Å². The Morgan fingerprint density at radius 1 is 1.10 bits per heavy atom. The highest BCUT2D eigenvalue weighted by atomic mass is 35.5. The first-order valence-electron chi connectivity index (χ1n) is 6.61. The highest BCUT2D eigenvalue weighted by Crippen LogP contribution is 2.30. The zero-order valence-corrected chi connectivity index (χ0v) is 13.3. The minimum Gasteiger partial charge on any atom is -0.383 e. The second kappa shape index (κ2) is 5.06. The van der Waals surface area contributed by atoms with E-state index in [0.29, 0.717) is 5.82 Å². The third-order valence-corrected chi connectivity index (χ3v) is 3.71. The number of rotatable bonds is 1. The first-order chi connectivity index (χ1) is 9.20. The number of nitrogens with two attached hydrogens (primary N) is 1. The second-order valence-electron chi connectivity index (χ2n) is 6.12. The van der Waals surface area contributed by atoms with E-state index in [2.05, 4.69) is 25.8 Å². The minimum atomic E-state index is -0.148. The van der Waals surface area contributed by atoms with Crippen LogP contribution in [0.4, 0.5) is 5.82 Å². The molecule has 0 saturated heterocycles. The maximum atomic E-state index is 6.21. The lowest BCUT2D eigenvalue weighted by molar-refractivity contribution is 0.546. The third kappa shape index (κ3) is 2.78. The SMILES string of the molecule is Cc1ccc(-c2nc(C(C)(C)C)nc(N)c2C)cc1Cl. The van der Waals surface area contributed by atoms with Crippen molar-refractivity contribution in [3.63, 3.8) is 0 Å². The fourth-order valence-electron chi connectivity index (χ4n) is 1.89. The van der Waals surface area contributed by atoms with E-state index in [1.165, 1.54) is 0 Å². The summed E-state index contributed by atoms with van der Waals surface area (Å²) in [6.45, 7) is 10.1. The Kier molecular flexibility index (Phi) is 3.74. The van der Waals surface area contributed by atoms with Gasteiger partial charge in [0.25, 0.3) is 0 Å². The standard InChI is InChI=1S/C16H20ClN3/c1-9-6-7-11(8-12(9)17)13-10(2)14(18)20-15(19-13)16(3,4)5/h6-8H,1-5H3,(H2,18,19,20). The van der Waals surface area contributed by atoms with Crippen LogP contribution in [0.5, 0.6) is 0 Å². The van der Waals surface area contributed by atoms with E-state index in [4.69, 9.17) is 22.3 Å². The Morgan fingerprint density at radius 3 is 2.30 bits per heavy atom. The predicted octanol–water partition coefficient (Wildman–Crippen LogP) is 4.29. The number of hydrogen-bond donors (Lipinski definition) is 1. The summed E-state index contributed by atoms with van der Waals surface area (Å²) in [5.41, 5.74) is 9.65. The van der Waals surface area contributed by atoms with Crippen molar-refractivity contribution in [3.05, 3.63) is 40.2 Å². The molecule has 4 heteroatoms. The van der Waals surface area contributed by atoms with Gasteiger partial charge >= 0.3 is 0 Å². The van der Waals surface area contributed by atoms with Crippen molar-refractivity contribution in [1.82, 2.24) is 9.97 Å². The predicted molar refractivity (Wildman–Crippen MR) is 85.1 cm³/mol. The topological polar surface area (TPSA) is 51.8 Å². The van der Waals surface area contributed by atoms with Gasteiger partial charge in [0.1, 0.15) is 11.6 Å². The Labute approximate surface area is 125 Å². The summed E-state index contributed by atoms with van der Waals surface area (Å²) >= 11 is 6.21. The number of hydrogen-bond acceptors (Lipinski definition) is 3. The van der Waals surface area contributed by atoms with Gasteiger partial charge in [-0.2, -0.15) is 0 Å². The smallest absolute Gasteiger partial charge is 0.136 e. The molecule has 0 fully saturated rings. The van der Waals surface area contributed by atoms with Crippen LogP contribution in [0.1, 0.15) is 37.7 Å². The first-order valence-corrected chi connectivity index (χ1v) is 6.99. The fourth-order valence-corrected chi connectivity index (χ4v) is 2.07. The lowest BCUT2D eigenvalue weighted by atomic mass is 9.94. The van der Waals surface area contributed by atoms with Crippen molar-refractivity contribution in [2.75, 3.05) is 5.73 Å². The maximum absolute atomic E-state index is 6.21.